The molecule has 0 heterocycles. The van der Waals surface area contributed by atoms with Crippen molar-refractivity contribution in [2.24, 2.45) is 11.8 Å². The first-order valence-electron chi connectivity index (χ1n) is 8.67. The van der Waals surface area contributed by atoms with Crippen LogP contribution in [-0.4, -0.2) is 45.8 Å². The van der Waals surface area contributed by atoms with E-state index in [0.717, 1.165) is 11.4 Å². The topological polar surface area (TPSA) is 69.8 Å². The lowest BCUT2D eigenvalue weighted by atomic mass is 10.0. The van der Waals surface area contributed by atoms with E-state index in [0.29, 0.717) is 18.9 Å². The van der Waals surface area contributed by atoms with E-state index in [1.165, 1.54) is 5.56 Å². The van der Waals surface area contributed by atoms with Gasteiger partial charge in [-0.15, -0.1) is 0 Å². The Morgan fingerprint density at radius 3 is 2.25 bits per heavy atom. The molecule has 1 aromatic carbocycles. The summed E-state index contributed by atoms with van der Waals surface area (Å²) in [6.45, 7) is 10.9. The predicted molar refractivity (Wildman–Crippen MR) is 98.4 cm³/mol. The van der Waals surface area contributed by atoms with Gasteiger partial charge in [0.05, 0.1) is 12.6 Å². The second kappa shape index (κ2) is 9.04. The van der Waals surface area contributed by atoms with E-state index in [-0.39, 0.29) is 18.1 Å². The number of nitrogens with two attached hydrogens (primary N) is 1. The van der Waals surface area contributed by atoms with Crippen LogP contribution in [-0.2, 0) is 6.42 Å². The summed E-state index contributed by atoms with van der Waals surface area (Å²) in [5, 5.41) is 11.3. The van der Waals surface area contributed by atoms with Gasteiger partial charge in [0, 0.05) is 12.1 Å². The van der Waals surface area contributed by atoms with E-state index in [4.69, 9.17) is 5.84 Å². The maximum atomic E-state index is 12.7. The third kappa shape index (κ3) is 6.89. The fraction of sp³-hybridized carbons (Fsp3) is 0.632. The van der Waals surface area contributed by atoms with Crippen LogP contribution < -0.4 is 5.84 Å². The molecular weight excluding hydrogens is 302 g/mol. The molecule has 0 unspecified atom stereocenters. The standard InChI is InChI=1S/C19H33N3O2/c1-15(2)13-21(19(3,4)5)18(24)22(20)14-17(23)12-11-16-9-7-6-8-10-16/h6-10,15,17,23H,11-14,20H2,1-5H3/t17-/m1/s1. The molecule has 0 aromatic heterocycles. The van der Waals surface area contributed by atoms with Crippen LogP contribution in [0.25, 0.3) is 0 Å². The van der Waals surface area contributed by atoms with Crippen LogP contribution in [0, 0.1) is 5.92 Å². The summed E-state index contributed by atoms with van der Waals surface area (Å²) in [6.07, 6.45) is 0.698. The zero-order valence-corrected chi connectivity index (χ0v) is 15.7. The molecule has 0 radical (unpaired) electrons. The minimum atomic E-state index is -0.639. The molecule has 0 aliphatic carbocycles. The van der Waals surface area contributed by atoms with Crippen molar-refractivity contribution in [3.05, 3.63) is 35.9 Å². The molecule has 5 heteroatoms. The third-order valence-corrected chi connectivity index (χ3v) is 3.85. The lowest BCUT2D eigenvalue weighted by Gasteiger charge is -2.39. The molecule has 3 N–H and O–H groups in total. The first-order valence-corrected chi connectivity index (χ1v) is 8.67. The quantitative estimate of drug-likeness (QED) is 0.457. The van der Waals surface area contributed by atoms with Crippen LogP contribution in [0.1, 0.15) is 46.6 Å². The van der Waals surface area contributed by atoms with Crippen molar-refractivity contribution in [3.63, 3.8) is 0 Å². The Hall–Kier alpha value is -1.59. The highest BCUT2D eigenvalue weighted by Crippen LogP contribution is 2.17. The Kier molecular flexibility index (Phi) is 7.70. The average molecular weight is 335 g/mol. The summed E-state index contributed by atoms with van der Waals surface area (Å²) >= 11 is 0. The van der Waals surface area contributed by atoms with E-state index in [1.54, 1.807) is 4.90 Å². The third-order valence-electron chi connectivity index (χ3n) is 3.85. The van der Waals surface area contributed by atoms with Crippen molar-refractivity contribution in [2.75, 3.05) is 13.1 Å². The predicted octanol–water partition coefficient (Wildman–Crippen LogP) is 3.03. The highest BCUT2D eigenvalue weighted by atomic mass is 16.3. The summed E-state index contributed by atoms with van der Waals surface area (Å²) in [7, 11) is 0. The summed E-state index contributed by atoms with van der Waals surface area (Å²) in [5.41, 5.74) is 0.858. The first kappa shape index (κ1) is 20.5. The maximum absolute atomic E-state index is 12.7. The molecule has 0 saturated carbocycles. The first-order chi connectivity index (χ1) is 11.1. The van der Waals surface area contributed by atoms with Crippen LogP contribution in [0.5, 0.6) is 0 Å². The number of amides is 2. The number of carbonyl (C=O) groups is 1. The Morgan fingerprint density at radius 1 is 1.17 bits per heavy atom. The van der Waals surface area contributed by atoms with Crippen LogP contribution in [0.4, 0.5) is 4.79 Å². The van der Waals surface area contributed by atoms with Gasteiger partial charge in [-0.1, -0.05) is 44.2 Å². The van der Waals surface area contributed by atoms with Gasteiger partial charge in [0.1, 0.15) is 0 Å². The number of rotatable bonds is 7. The number of carbonyl (C=O) groups excluding carboxylic acids is 1. The van der Waals surface area contributed by atoms with Crippen molar-refractivity contribution < 1.29 is 9.90 Å². The SMILES string of the molecule is CC(C)CN(C(=O)N(N)C[C@H](O)CCc1ccccc1)C(C)(C)C. The summed E-state index contributed by atoms with van der Waals surface area (Å²) < 4.78 is 0. The minimum absolute atomic E-state index is 0.135. The molecule has 0 aliphatic rings. The Morgan fingerprint density at radius 2 is 1.75 bits per heavy atom. The number of hydrogen-bond donors (Lipinski definition) is 2. The number of hydrogen-bond acceptors (Lipinski definition) is 3. The summed E-state index contributed by atoms with van der Waals surface area (Å²) in [6, 6.07) is 9.75. The van der Waals surface area contributed by atoms with Gasteiger partial charge in [-0.2, -0.15) is 0 Å². The highest BCUT2D eigenvalue weighted by Gasteiger charge is 2.30. The largest absolute Gasteiger partial charge is 0.391 e. The molecule has 0 spiro atoms. The van der Waals surface area contributed by atoms with Crippen LogP contribution in [0.2, 0.25) is 0 Å². The molecule has 5 nitrogen and oxygen atoms in total. The molecule has 1 rings (SSSR count). The number of nitrogens with zero attached hydrogens (tertiary/aromatic N) is 2. The zero-order chi connectivity index (χ0) is 18.3. The number of aryl methyl sites for hydroxylation is 1. The van der Waals surface area contributed by atoms with Crippen molar-refractivity contribution in [1.29, 1.82) is 0 Å². The highest BCUT2D eigenvalue weighted by molar-refractivity contribution is 5.74. The molecule has 0 saturated heterocycles. The van der Waals surface area contributed by atoms with E-state index in [9.17, 15) is 9.90 Å². The van der Waals surface area contributed by atoms with E-state index >= 15 is 0 Å². The van der Waals surface area contributed by atoms with Gasteiger partial charge < -0.3 is 10.0 Å². The summed E-state index contributed by atoms with van der Waals surface area (Å²) in [5.74, 6) is 6.29. The second-order valence-electron chi connectivity index (χ2n) is 7.79. The van der Waals surface area contributed by atoms with Crippen molar-refractivity contribution in [1.82, 2.24) is 9.91 Å². The lowest BCUT2D eigenvalue weighted by Crippen LogP contribution is -2.56. The number of benzene rings is 1. The summed E-state index contributed by atoms with van der Waals surface area (Å²) in [4.78, 5) is 14.4. The minimum Gasteiger partial charge on any atom is -0.391 e. The molecule has 0 aliphatic heterocycles. The van der Waals surface area contributed by atoms with Gasteiger partial charge in [-0.3, -0.25) is 5.01 Å². The number of aliphatic hydroxyl groups excluding tert-OH is 1. The second-order valence-corrected chi connectivity index (χ2v) is 7.79. The fourth-order valence-corrected chi connectivity index (χ4v) is 2.53. The molecule has 0 bridgehead atoms. The monoisotopic (exact) mass is 335 g/mol. The van der Waals surface area contributed by atoms with Gasteiger partial charge in [-0.25, -0.2) is 10.6 Å². The maximum Gasteiger partial charge on any atom is 0.334 e. The molecule has 2 amide bonds. The molecule has 24 heavy (non-hydrogen) atoms. The number of aliphatic hydroxyl groups is 1. The lowest BCUT2D eigenvalue weighted by molar-refractivity contribution is 0.0732. The van der Waals surface area contributed by atoms with Crippen LogP contribution in [0.15, 0.2) is 30.3 Å². The van der Waals surface area contributed by atoms with Crippen molar-refractivity contribution >= 4 is 6.03 Å². The molecule has 1 atom stereocenters. The van der Waals surface area contributed by atoms with Gasteiger partial charge in [-0.05, 0) is 45.1 Å². The van der Waals surface area contributed by atoms with Gasteiger partial charge >= 0.3 is 6.03 Å². The van der Waals surface area contributed by atoms with Gasteiger partial charge in [0.25, 0.3) is 0 Å². The molecule has 0 fully saturated rings. The average Bonchev–Trinajstić information content (AvgIpc) is 2.49. The van der Waals surface area contributed by atoms with Crippen LogP contribution in [0.3, 0.4) is 0 Å². The molecular formula is C19H33N3O2. The van der Waals surface area contributed by atoms with E-state index in [2.05, 4.69) is 13.8 Å². The normalized spacial score (nSPS) is 13.0. The Bertz CT molecular complexity index is 497. The van der Waals surface area contributed by atoms with Crippen LogP contribution >= 0.6 is 0 Å². The van der Waals surface area contributed by atoms with Gasteiger partial charge in [0.2, 0.25) is 0 Å². The van der Waals surface area contributed by atoms with E-state index < -0.39 is 6.10 Å². The Balaban J connectivity index is 2.57. The van der Waals surface area contributed by atoms with Crippen molar-refractivity contribution in [3.8, 4) is 0 Å². The number of urea groups is 1. The van der Waals surface area contributed by atoms with Crippen molar-refractivity contribution in [2.45, 2.75) is 59.1 Å². The molecule has 136 valence electrons. The zero-order valence-electron chi connectivity index (χ0n) is 15.7. The Labute approximate surface area is 146 Å². The van der Waals surface area contributed by atoms with E-state index in [1.807, 2.05) is 51.1 Å². The smallest absolute Gasteiger partial charge is 0.334 e. The molecule has 1 aromatic rings. The number of hydrazine groups is 1. The van der Waals surface area contributed by atoms with Gasteiger partial charge in [0.15, 0.2) is 0 Å². The fourth-order valence-electron chi connectivity index (χ4n) is 2.53.